The maximum atomic E-state index is 4.96. The Morgan fingerprint density at radius 2 is 1.06 bits per heavy atom. The largest absolute Gasteiger partial charge is 0.310 e. The van der Waals surface area contributed by atoms with E-state index in [2.05, 4.69) is 189 Å². The number of fused-ring (bicyclic) bond motifs is 6. The van der Waals surface area contributed by atoms with Gasteiger partial charge in [-0.1, -0.05) is 123 Å². The lowest BCUT2D eigenvalue weighted by molar-refractivity contribution is 0.661. The van der Waals surface area contributed by atoms with E-state index in [-0.39, 0.29) is 5.41 Å². The van der Waals surface area contributed by atoms with E-state index in [1.54, 1.807) is 0 Å². The lowest BCUT2D eigenvalue weighted by atomic mass is 9.81. The zero-order valence-electron chi connectivity index (χ0n) is 27.6. The molecule has 8 aromatic rings. The van der Waals surface area contributed by atoms with Crippen LogP contribution in [0.4, 0.5) is 17.1 Å². The van der Waals surface area contributed by atoms with Gasteiger partial charge in [0, 0.05) is 27.4 Å². The maximum absolute atomic E-state index is 4.96. The number of hydrogen-bond donors (Lipinski definition) is 1. The van der Waals surface area contributed by atoms with E-state index >= 15 is 0 Å². The second-order valence-corrected chi connectivity index (χ2v) is 14.1. The second-order valence-electron chi connectivity index (χ2n) is 13.6. The van der Waals surface area contributed by atoms with Crippen LogP contribution in [0.5, 0.6) is 0 Å². The highest BCUT2D eigenvalue weighted by molar-refractivity contribution is 7.80. The highest BCUT2D eigenvalue weighted by atomic mass is 32.1. The van der Waals surface area contributed by atoms with Crippen LogP contribution < -0.4 is 4.90 Å². The molecule has 0 N–H and O–H groups in total. The zero-order valence-corrected chi connectivity index (χ0v) is 28.5. The van der Waals surface area contributed by atoms with Crippen molar-refractivity contribution in [2.75, 3.05) is 4.90 Å². The number of thiol groups is 1. The van der Waals surface area contributed by atoms with Crippen LogP contribution >= 0.6 is 12.6 Å². The molecule has 0 saturated carbocycles. The predicted octanol–water partition coefficient (Wildman–Crippen LogP) is 13.4. The molecule has 0 saturated heterocycles. The lowest BCUT2D eigenvalue weighted by Gasteiger charge is -2.28. The summed E-state index contributed by atoms with van der Waals surface area (Å²) in [5.74, 6) is 0. The summed E-state index contributed by atoms with van der Waals surface area (Å²) in [6.45, 7) is 4.75. The Balaban J connectivity index is 1.18. The fraction of sp³-hybridized carbons (Fsp3) is 0.0638. The van der Waals surface area contributed by atoms with Gasteiger partial charge in [0.2, 0.25) is 0 Å². The summed E-state index contributed by atoms with van der Waals surface area (Å²) in [5.41, 5.74) is 13.2. The third-order valence-electron chi connectivity index (χ3n) is 10.3. The molecule has 2 heteroatoms. The van der Waals surface area contributed by atoms with Crippen molar-refractivity contribution in [3.63, 3.8) is 0 Å². The first kappa shape index (κ1) is 29.6. The van der Waals surface area contributed by atoms with Gasteiger partial charge in [0.25, 0.3) is 0 Å². The Kier molecular flexibility index (Phi) is 6.96. The Hall–Kier alpha value is -5.57. The number of anilines is 3. The molecule has 0 bridgehead atoms. The van der Waals surface area contributed by atoms with Gasteiger partial charge < -0.3 is 4.90 Å². The third kappa shape index (κ3) is 4.94. The van der Waals surface area contributed by atoms with Crippen LogP contribution in [-0.4, -0.2) is 0 Å². The molecule has 1 aliphatic rings. The van der Waals surface area contributed by atoms with Crippen molar-refractivity contribution in [2.24, 2.45) is 0 Å². The smallest absolute Gasteiger partial charge is 0.0468 e. The van der Waals surface area contributed by atoms with E-state index in [9.17, 15) is 0 Å². The zero-order chi connectivity index (χ0) is 33.1. The van der Waals surface area contributed by atoms with Gasteiger partial charge in [-0.3, -0.25) is 0 Å². The second kappa shape index (κ2) is 11.5. The van der Waals surface area contributed by atoms with E-state index in [4.69, 9.17) is 12.6 Å². The number of benzene rings is 8. The van der Waals surface area contributed by atoms with Crippen molar-refractivity contribution < 1.29 is 0 Å². The quantitative estimate of drug-likeness (QED) is 0.144. The summed E-state index contributed by atoms with van der Waals surface area (Å²) in [6.07, 6.45) is 0. The molecule has 0 unspecified atom stereocenters. The summed E-state index contributed by atoms with van der Waals surface area (Å²) in [4.78, 5) is 3.33. The van der Waals surface area contributed by atoms with Gasteiger partial charge in [-0.2, -0.15) is 0 Å². The Morgan fingerprint density at radius 1 is 0.408 bits per heavy atom. The molecule has 0 radical (unpaired) electrons. The standard InChI is InChI=1S/C47H35NS/c1-47(2)44-29-38(22-24-40(44)43-27-35-21-20-32-14-9-10-19-39(32)41(35)30-45(43)47)48(36-17-7-4-8-18-36)37-23-25-46(49)42(28-37)34-16-11-15-33(26-34)31-12-5-3-6-13-31/h3-30,49H,1-2H3. The minimum Gasteiger partial charge on any atom is -0.310 e. The summed E-state index contributed by atoms with van der Waals surface area (Å²) in [6, 6.07) is 61.7. The molecule has 0 aromatic heterocycles. The van der Waals surface area contributed by atoms with Crippen LogP contribution in [0.25, 0.3) is 54.9 Å². The normalized spacial score (nSPS) is 13.0. The fourth-order valence-corrected chi connectivity index (χ4v) is 8.05. The van der Waals surface area contributed by atoms with Gasteiger partial charge in [0.05, 0.1) is 0 Å². The molecule has 8 aromatic carbocycles. The van der Waals surface area contributed by atoms with Crippen molar-refractivity contribution in [3.8, 4) is 33.4 Å². The monoisotopic (exact) mass is 645 g/mol. The molecular formula is C47H35NS. The van der Waals surface area contributed by atoms with Crippen LogP contribution in [0, 0.1) is 0 Å². The molecule has 234 valence electrons. The first-order valence-electron chi connectivity index (χ1n) is 16.9. The van der Waals surface area contributed by atoms with Crippen molar-refractivity contribution >= 4 is 51.2 Å². The Labute approximate surface area is 293 Å². The summed E-state index contributed by atoms with van der Waals surface area (Å²) in [7, 11) is 0. The third-order valence-corrected chi connectivity index (χ3v) is 10.7. The molecule has 1 aliphatic carbocycles. The van der Waals surface area contributed by atoms with Gasteiger partial charge in [-0.15, -0.1) is 12.6 Å². The van der Waals surface area contributed by atoms with Crippen LogP contribution in [0.15, 0.2) is 175 Å². The lowest BCUT2D eigenvalue weighted by Crippen LogP contribution is -2.16. The topological polar surface area (TPSA) is 3.24 Å². The van der Waals surface area contributed by atoms with Gasteiger partial charge in [0.15, 0.2) is 0 Å². The molecule has 0 heterocycles. The fourth-order valence-electron chi connectivity index (χ4n) is 7.78. The summed E-state index contributed by atoms with van der Waals surface area (Å²) >= 11 is 4.96. The molecule has 49 heavy (non-hydrogen) atoms. The van der Waals surface area contributed by atoms with Crippen LogP contribution in [0.1, 0.15) is 25.0 Å². The van der Waals surface area contributed by atoms with Crippen LogP contribution in [-0.2, 0) is 5.41 Å². The molecule has 0 aliphatic heterocycles. The highest BCUT2D eigenvalue weighted by Crippen LogP contribution is 2.52. The number of nitrogens with zero attached hydrogens (tertiary/aromatic N) is 1. The van der Waals surface area contributed by atoms with Crippen molar-refractivity contribution in [1.29, 1.82) is 0 Å². The number of rotatable bonds is 5. The Morgan fingerprint density at radius 3 is 1.90 bits per heavy atom. The molecule has 0 fully saturated rings. The van der Waals surface area contributed by atoms with Crippen LogP contribution in [0.3, 0.4) is 0 Å². The van der Waals surface area contributed by atoms with Gasteiger partial charge in [0.1, 0.15) is 0 Å². The van der Waals surface area contributed by atoms with Crippen LogP contribution in [0.2, 0.25) is 0 Å². The van der Waals surface area contributed by atoms with E-state index in [1.165, 1.54) is 54.9 Å². The van der Waals surface area contributed by atoms with Crippen molar-refractivity contribution in [2.45, 2.75) is 24.2 Å². The van der Waals surface area contributed by atoms with E-state index < -0.39 is 0 Å². The molecule has 1 nitrogen and oxygen atoms in total. The Bertz CT molecular complexity index is 2530. The van der Waals surface area contributed by atoms with E-state index in [0.29, 0.717) is 0 Å². The van der Waals surface area contributed by atoms with E-state index in [1.807, 2.05) is 0 Å². The average Bonchev–Trinajstić information content (AvgIpc) is 3.37. The highest BCUT2D eigenvalue weighted by Gasteiger charge is 2.36. The summed E-state index contributed by atoms with van der Waals surface area (Å²) in [5, 5.41) is 5.19. The van der Waals surface area contributed by atoms with Crippen molar-refractivity contribution in [3.05, 3.63) is 181 Å². The SMILES string of the molecule is CC1(C)c2cc(N(c3ccccc3)c3ccc(S)c(-c4cccc(-c5ccccc5)c4)c3)ccc2-c2cc3ccc4ccccc4c3cc21. The van der Waals surface area contributed by atoms with Gasteiger partial charge >= 0.3 is 0 Å². The first-order chi connectivity index (χ1) is 24.0. The summed E-state index contributed by atoms with van der Waals surface area (Å²) < 4.78 is 0. The molecular weight excluding hydrogens is 611 g/mol. The maximum Gasteiger partial charge on any atom is 0.0468 e. The number of hydrogen-bond acceptors (Lipinski definition) is 2. The van der Waals surface area contributed by atoms with Gasteiger partial charge in [-0.25, -0.2) is 0 Å². The average molecular weight is 646 g/mol. The minimum atomic E-state index is -0.161. The minimum absolute atomic E-state index is 0.161. The predicted molar refractivity (Wildman–Crippen MR) is 212 cm³/mol. The molecule has 0 atom stereocenters. The number of para-hydroxylation sites is 1. The van der Waals surface area contributed by atoms with Crippen molar-refractivity contribution in [1.82, 2.24) is 0 Å². The van der Waals surface area contributed by atoms with Gasteiger partial charge in [-0.05, 0) is 127 Å². The van der Waals surface area contributed by atoms with E-state index in [0.717, 1.165) is 33.1 Å². The molecule has 0 spiro atoms. The first-order valence-corrected chi connectivity index (χ1v) is 17.4. The molecule has 0 amide bonds. The molecule has 9 rings (SSSR count).